The van der Waals surface area contributed by atoms with E-state index in [1.54, 1.807) is 13.8 Å². The van der Waals surface area contributed by atoms with Crippen LogP contribution in [0.25, 0.3) is 0 Å². The minimum absolute atomic E-state index is 0.341. The van der Waals surface area contributed by atoms with Crippen LogP contribution in [-0.4, -0.2) is 41.6 Å². The quantitative estimate of drug-likeness (QED) is 0.416. The molecule has 0 aromatic carbocycles. The van der Waals surface area contributed by atoms with Gasteiger partial charge in [0.05, 0.1) is 5.60 Å². The van der Waals surface area contributed by atoms with Crippen LogP contribution in [0.4, 0.5) is 0 Å². The van der Waals surface area contributed by atoms with Gasteiger partial charge in [-0.3, -0.25) is 0 Å². The van der Waals surface area contributed by atoms with E-state index in [4.69, 9.17) is 14.2 Å². The average molecular weight is 378 g/mol. The highest BCUT2D eigenvalue weighted by molar-refractivity contribution is 5.89. The van der Waals surface area contributed by atoms with Crippen molar-refractivity contribution >= 4 is 11.9 Å². The van der Waals surface area contributed by atoms with E-state index in [2.05, 4.69) is 0 Å². The molecule has 2 aliphatic rings. The molecule has 1 saturated heterocycles. The monoisotopic (exact) mass is 378 g/mol. The Kier molecular flexibility index (Phi) is 6.65. The Hall–Kier alpha value is -1.92. The molecule has 0 spiro atoms. The fourth-order valence-electron chi connectivity index (χ4n) is 3.27. The SMILES string of the molecule is COC1(C/C=C(\C)CC/C=C2/CCC(C(C)(C)O)OC2=O)OC(=O)C=C1C. The van der Waals surface area contributed by atoms with Gasteiger partial charge in [0.25, 0.3) is 0 Å². The van der Waals surface area contributed by atoms with E-state index in [-0.39, 0.29) is 11.9 Å². The lowest BCUT2D eigenvalue weighted by molar-refractivity contribution is -0.190. The largest absolute Gasteiger partial charge is 0.456 e. The predicted octanol–water partition coefficient (Wildman–Crippen LogP) is 3.35. The van der Waals surface area contributed by atoms with Crippen LogP contribution in [0.15, 0.2) is 34.9 Å². The summed E-state index contributed by atoms with van der Waals surface area (Å²) in [5.41, 5.74) is 1.53. The van der Waals surface area contributed by atoms with Crippen molar-refractivity contribution in [2.24, 2.45) is 0 Å². The molecule has 27 heavy (non-hydrogen) atoms. The lowest BCUT2D eigenvalue weighted by Crippen LogP contribution is -2.42. The molecule has 2 atom stereocenters. The highest BCUT2D eigenvalue weighted by Crippen LogP contribution is 2.33. The standard InChI is InChI=1S/C21H30O6/c1-14(11-12-21(25-5)15(2)13-18(22)27-21)7-6-8-16-9-10-17(20(3,4)24)26-19(16)23/h8,11,13,17,24H,6-7,9-10,12H2,1-5H3/b14-11+,16-8-. The molecule has 0 amide bonds. The molecule has 0 radical (unpaired) electrons. The van der Waals surface area contributed by atoms with Crippen LogP contribution in [0.5, 0.6) is 0 Å². The number of hydrogen-bond donors (Lipinski definition) is 1. The summed E-state index contributed by atoms with van der Waals surface area (Å²) in [6.07, 6.45) is 8.10. The highest BCUT2D eigenvalue weighted by Gasteiger charge is 2.40. The smallest absolute Gasteiger partial charge is 0.334 e. The van der Waals surface area contributed by atoms with Crippen LogP contribution in [0, 0.1) is 0 Å². The van der Waals surface area contributed by atoms with Gasteiger partial charge < -0.3 is 19.3 Å². The second-order valence-corrected chi connectivity index (χ2v) is 7.81. The van der Waals surface area contributed by atoms with E-state index in [0.29, 0.717) is 31.3 Å². The summed E-state index contributed by atoms with van der Waals surface area (Å²) in [5.74, 6) is -1.73. The number of hydrogen-bond acceptors (Lipinski definition) is 6. The maximum absolute atomic E-state index is 12.1. The van der Waals surface area contributed by atoms with E-state index >= 15 is 0 Å². The van der Waals surface area contributed by atoms with Gasteiger partial charge in [-0.1, -0.05) is 17.7 Å². The van der Waals surface area contributed by atoms with Gasteiger partial charge in [0.1, 0.15) is 6.10 Å². The summed E-state index contributed by atoms with van der Waals surface area (Å²) in [4.78, 5) is 23.6. The Bertz CT molecular complexity index is 679. The topological polar surface area (TPSA) is 82.1 Å². The van der Waals surface area contributed by atoms with Crippen molar-refractivity contribution in [2.45, 2.75) is 77.3 Å². The van der Waals surface area contributed by atoms with Crippen molar-refractivity contribution in [1.29, 1.82) is 0 Å². The normalized spacial score (nSPS) is 28.2. The Morgan fingerprint density at radius 2 is 2.15 bits per heavy atom. The van der Waals surface area contributed by atoms with Crippen LogP contribution in [-0.2, 0) is 23.8 Å². The van der Waals surface area contributed by atoms with Crippen LogP contribution in [0.2, 0.25) is 0 Å². The van der Waals surface area contributed by atoms with Crippen LogP contribution < -0.4 is 0 Å². The third-order valence-electron chi connectivity index (χ3n) is 5.15. The molecule has 2 rings (SSSR count). The van der Waals surface area contributed by atoms with Gasteiger partial charge in [-0.15, -0.1) is 0 Å². The van der Waals surface area contributed by atoms with Gasteiger partial charge in [0.15, 0.2) is 0 Å². The van der Waals surface area contributed by atoms with E-state index in [1.807, 2.05) is 26.0 Å². The first-order valence-electron chi connectivity index (χ1n) is 9.32. The lowest BCUT2D eigenvalue weighted by Gasteiger charge is -2.32. The van der Waals surface area contributed by atoms with E-state index in [1.165, 1.54) is 13.2 Å². The molecule has 1 fully saturated rings. The summed E-state index contributed by atoms with van der Waals surface area (Å²) < 4.78 is 16.1. The van der Waals surface area contributed by atoms with Crippen molar-refractivity contribution in [3.63, 3.8) is 0 Å². The number of carbonyl (C=O) groups excluding carboxylic acids is 2. The second-order valence-electron chi connectivity index (χ2n) is 7.81. The summed E-state index contributed by atoms with van der Waals surface area (Å²) in [7, 11) is 1.53. The van der Waals surface area contributed by atoms with Crippen LogP contribution >= 0.6 is 0 Å². The summed E-state index contributed by atoms with van der Waals surface area (Å²) >= 11 is 0. The number of aliphatic hydroxyl groups is 1. The fourth-order valence-corrected chi connectivity index (χ4v) is 3.27. The maximum atomic E-state index is 12.1. The summed E-state index contributed by atoms with van der Waals surface area (Å²) in [6, 6.07) is 0. The lowest BCUT2D eigenvalue weighted by atomic mass is 9.92. The first-order chi connectivity index (χ1) is 12.6. The molecule has 0 aromatic rings. The first-order valence-corrected chi connectivity index (χ1v) is 9.32. The van der Waals surface area contributed by atoms with Gasteiger partial charge in [0.2, 0.25) is 5.79 Å². The minimum Gasteiger partial charge on any atom is -0.456 e. The highest BCUT2D eigenvalue weighted by atomic mass is 16.7. The summed E-state index contributed by atoms with van der Waals surface area (Å²) in [6.45, 7) is 7.12. The van der Waals surface area contributed by atoms with Crippen molar-refractivity contribution in [2.75, 3.05) is 7.11 Å². The van der Waals surface area contributed by atoms with Crippen molar-refractivity contribution in [3.05, 3.63) is 34.9 Å². The van der Waals surface area contributed by atoms with Crippen LogP contribution in [0.3, 0.4) is 0 Å². The number of carbonyl (C=O) groups is 2. The van der Waals surface area contributed by atoms with Crippen molar-refractivity contribution in [3.8, 4) is 0 Å². The van der Waals surface area contributed by atoms with E-state index < -0.39 is 17.5 Å². The second kappa shape index (κ2) is 8.40. The van der Waals surface area contributed by atoms with E-state index in [9.17, 15) is 14.7 Å². The zero-order valence-electron chi connectivity index (χ0n) is 16.8. The fraction of sp³-hybridized carbons (Fsp3) is 0.619. The number of cyclic esters (lactones) is 2. The van der Waals surface area contributed by atoms with E-state index in [0.717, 1.165) is 17.6 Å². The van der Waals surface area contributed by atoms with Gasteiger partial charge in [-0.05, 0) is 53.4 Å². The number of methoxy groups -OCH3 is 1. The molecule has 0 aromatic heterocycles. The molecule has 0 aliphatic carbocycles. The molecule has 2 unspecified atom stereocenters. The molecule has 2 aliphatic heterocycles. The average Bonchev–Trinajstić information content (AvgIpc) is 2.87. The molecular weight excluding hydrogens is 348 g/mol. The number of ether oxygens (including phenoxy) is 3. The van der Waals surface area contributed by atoms with Gasteiger partial charge in [0, 0.05) is 30.8 Å². The zero-order chi connectivity index (χ0) is 20.2. The summed E-state index contributed by atoms with van der Waals surface area (Å²) in [5, 5.41) is 9.97. The zero-order valence-corrected chi connectivity index (χ0v) is 16.8. The molecule has 6 heteroatoms. The third-order valence-corrected chi connectivity index (χ3v) is 5.15. The molecular formula is C21H30O6. The Labute approximate surface area is 160 Å². The van der Waals surface area contributed by atoms with Crippen molar-refractivity contribution < 1.29 is 28.9 Å². The molecule has 150 valence electrons. The Balaban J connectivity index is 1.87. The Morgan fingerprint density at radius 1 is 1.44 bits per heavy atom. The maximum Gasteiger partial charge on any atom is 0.334 e. The van der Waals surface area contributed by atoms with Crippen LogP contribution in [0.1, 0.15) is 59.8 Å². The van der Waals surface area contributed by atoms with Gasteiger partial charge in [-0.25, -0.2) is 9.59 Å². The predicted molar refractivity (Wildman–Crippen MR) is 101 cm³/mol. The Morgan fingerprint density at radius 3 is 2.67 bits per heavy atom. The number of rotatable bonds is 7. The molecule has 1 N–H and O–H groups in total. The molecule has 6 nitrogen and oxygen atoms in total. The molecule has 0 bridgehead atoms. The molecule has 0 saturated carbocycles. The van der Waals surface area contributed by atoms with Crippen molar-refractivity contribution in [1.82, 2.24) is 0 Å². The van der Waals surface area contributed by atoms with Gasteiger partial charge in [-0.2, -0.15) is 0 Å². The minimum atomic E-state index is -1.02. The number of esters is 2. The molecule has 2 heterocycles. The third kappa shape index (κ3) is 5.30. The number of allylic oxidation sites excluding steroid dienone is 2. The van der Waals surface area contributed by atoms with Gasteiger partial charge >= 0.3 is 11.9 Å². The first kappa shape index (κ1) is 21.4.